The monoisotopic (exact) mass is 470 g/mol. The van der Waals surface area contributed by atoms with Crippen LogP contribution >= 0.6 is 0 Å². The number of esters is 3. The smallest absolute Gasteiger partial charge is 0.338 e. The van der Waals surface area contributed by atoms with Crippen LogP contribution in [0.5, 0.6) is 0 Å². The van der Waals surface area contributed by atoms with Crippen molar-refractivity contribution >= 4 is 23.7 Å². The van der Waals surface area contributed by atoms with Crippen molar-refractivity contribution in [3.8, 4) is 0 Å². The van der Waals surface area contributed by atoms with Gasteiger partial charge < -0.3 is 23.4 Å². The van der Waals surface area contributed by atoms with Crippen LogP contribution in [0.4, 0.5) is 0 Å². The highest BCUT2D eigenvalue weighted by Gasteiger charge is 2.80. The molecule has 4 heterocycles. The van der Waals surface area contributed by atoms with E-state index in [0.717, 1.165) is 0 Å². The minimum atomic E-state index is -1.32. The molecular formula is C25H26O9. The molecule has 3 aliphatic heterocycles. The maximum atomic E-state index is 13.6. The molecule has 4 aliphatic rings. The molecule has 1 aliphatic carbocycles. The summed E-state index contributed by atoms with van der Waals surface area (Å²) in [6.07, 6.45) is 4.67. The van der Waals surface area contributed by atoms with Crippen LogP contribution in [0.1, 0.15) is 44.0 Å². The third-order valence-electron chi connectivity index (χ3n) is 8.02. The number of fused-ring (bicyclic) bond motifs is 2. The summed E-state index contributed by atoms with van der Waals surface area (Å²) in [4.78, 5) is 51.4. The van der Waals surface area contributed by atoms with Gasteiger partial charge in [0.2, 0.25) is 0 Å². The van der Waals surface area contributed by atoms with Crippen LogP contribution in [0, 0.1) is 17.3 Å². The molecule has 1 aromatic rings. The Morgan fingerprint density at radius 1 is 1.18 bits per heavy atom. The van der Waals surface area contributed by atoms with Gasteiger partial charge in [-0.25, -0.2) is 14.4 Å². The highest BCUT2D eigenvalue weighted by Crippen LogP contribution is 2.68. The number of ketones is 1. The standard InChI is InChI=1S/C25H26O9/c1-12-15(10-19(26)32-12)9-18-22(28)33-13(2)16-5-6-17(20(27)14-7-8-31-11-14)25(24(16,18)3)21(34-25)23(29)30-4/h7-13,16-17,21H,5-6H2,1-4H3/b18-9+/t12-,13?,16?,17+,21-,24+,25+/m1/s1. The zero-order valence-electron chi connectivity index (χ0n) is 19.4. The fraction of sp³-hybridized carbons (Fsp3) is 0.520. The Morgan fingerprint density at radius 2 is 1.94 bits per heavy atom. The summed E-state index contributed by atoms with van der Waals surface area (Å²) in [7, 11) is 1.26. The third kappa shape index (κ3) is 2.95. The number of furan rings is 1. The first-order valence-corrected chi connectivity index (χ1v) is 11.3. The van der Waals surface area contributed by atoms with Crippen molar-refractivity contribution in [2.24, 2.45) is 17.3 Å². The highest BCUT2D eigenvalue weighted by atomic mass is 16.7. The molecule has 0 amide bonds. The van der Waals surface area contributed by atoms with Crippen molar-refractivity contribution < 1.29 is 42.5 Å². The first-order chi connectivity index (χ1) is 16.1. The van der Waals surface area contributed by atoms with Crippen molar-refractivity contribution in [1.82, 2.24) is 0 Å². The van der Waals surface area contributed by atoms with Gasteiger partial charge in [0, 0.05) is 23.0 Å². The molecule has 7 atom stereocenters. The SMILES string of the molecule is COC(=O)[C@H]1O[C@@]12[C@H](C(=O)c1ccoc1)CCC1C(C)OC(=O)/C(=C\C3=CC(=O)O[C@@H]3C)[C@]12C. The van der Waals surface area contributed by atoms with Crippen molar-refractivity contribution in [1.29, 1.82) is 0 Å². The molecule has 2 saturated heterocycles. The van der Waals surface area contributed by atoms with E-state index in [0.29, 0.717) is 24.0 Å². The largest absolute Gasteiger partial charge is 0.472 e. The fourth-order valence-electron chi connectivity index (χ4n) is 6.29. The molecule has 0 aromatic carbocycles. The predicted molar refractivity (Wildman–Crippen MR) is 114 cm³/mol. The minimum absolute atomic E-state index is 0.224. The maximum absolute atomic E-state index is 13.6. The lowest BCUT2D eigenvalue weighted by Crippen LogP contribution is -2.62. The Kier molecular flexibility index (Phi) is 5.09. The fourth-order valence-corrected chi connectivity index (χ4v) is 6.29. The summed E-state index contributed by atoms with van der Waals surface area (Å²) in [6, 6.07) is 1.57. The number of hydrogen-bond donors (Lipinski definition) is 0. The van der Waals surface area contributed by atoms with Gasteiger partial charge in [-0.05, 0) is 44.4 Å². The summed E-state index contributed by atoms with van der Waals surface area (Å²) in [6.45, 7) is 5.36. The summed E-state index contributed by atoms with van der Waals surface area (Å²) in [5.74, 6) is -2.85. The molecule has 0 radical (unpaired) electrons. The minimum Gasteiger partial charge on any atom is -0.472 e. The molecule has 5 rings (SSSR count). The average Bonchev–Trinajstić information content (AvgIpc) is 3.13. The lowest BCUT2D eigenvalue weighted by molar-refractivity contribution is -0.167. The van der Waals surface area contributed by atoms with Crippen molar-refractivity contribution in [3.63, 3.8) is 0 Å². The lowest BCUT2D eigenvalue weighted by atomic mass is 9.50. The number of epoxide rings is 1. The van der Waals surface area contributed by atoms with E-state index in [9.17, 15) is 19.2 Å². The van der Waals surface area contributed by atoms with Crippen molar-refractivity contribution in [2.75, 3.05) is 7.11 Å². The zero-order chi connectivity index (χ0) is 24.4. The number of cyclic esters (lactones) is 2. The molecule has 1 saturated carbocycles. The number of carbonyl (C=O) groups is 4. The Hall–Kier alpha value is -3.20. The van der Waals surface area contributed by atoms with Crippen LogP contribution in [0.3, 0.4) is 0 Å². The Balaban J connectivity index is 1.69. The number of hydrogen-bond acceptors (Lipinski definition) is 9. The number of Topliss-reactive ketones (excluding diaryl/α,β-unsaturated/α-hetero) is 1. The summed E-state index contributed by atoms with van der Waals surface area (Å²) in [5.41, 5.74) is -1.25. The Morgan fingerprint density at radius 3 is 2.56 bits per heavy atom. The van der Waals surface area contributed by atoms with E-state index in [4.69, 9.17) is 23.4 Å². The van der Waals surface area contributed by atoms with Gasteiger partial charge in [0.15, 0.2) is 11.9 Å². The van der Waals surface area contributed by atoms with Crippen LogP contribution in [-0.4, -0.2) is 54.7 Å². The van der Waals surface area contributed by atoms with Gasteiger partial charge in [-0.3, -0.25) is 4.79 Å². The second kappa shape index (κ2) is 7.66. The molecule has 1 spiro atoms. The van der Waals surface area contributed by atoms with Crippen LogP contribution in [-0.2, 0) is 33.3 Å². The van der Waals surface area contributed by atoms with Crippen LogP contribution in [0.25, 0.3) is 0 Å². The van der Waals surface area contributed by atoms with E-state index in [-0.39, 0.29) is 17.3 Å². The van der Waals surface area contributed by atoms with Gasteiger partial charge in [-0.2, -0.15) is 0 Å². The molecule has 2 unspecified atom stereocenters. The molecular weight excluding hydrogens is 444 g/mol. The van der Waals surface area contributed by atoms with Gasteiger partial charge >= 0.3 is 17.9 Å². The summed E-state index contributed by atoms with van der Waals surface area (Å²) in [5, 5.41) is 0. The van der Waals surface area contributed by atoms with E-state index < -0.39 is 53.2 Å². The van der Waals surface area contributed by atoms with E-state index in [1.165, 1.54) is 25.7 Å². The Labute approximate surface area is 196 Å². The van der Waals surface area contributed by atoms with Crippen molar-refractivity contribution in [3.05, 3.63) is 47.5 Å². The average molecular weight is 470 g/mol. The van der Waals surface area contributed by atoms with Gasteiger partial charge in [-0.15, -0.1) is 0 Å². The summed E-state index contributed by atoms with van der Waals surface area (Å²) < 4.78 is 27.1. The molecule has 180 valence electrons. The first kappa shape index (κ1) is 22.6. The normalized spacial score (nSPS) is 39.8. The lowest BCUT2D eigenvalue weighted by Gasteiger charge is -2.54. The predicted octanol–water partition coefficient (Wildman–Crippen LogP) is 2.55. The molecule has 9 nitrogen and oxygen atoms in total. The molecule has 1 aromatic heterocycles. The zero-order valence-corrected chi connectivity index (χ0v) is 19.4. The topological polar surface area (TPSA) is 122 Å². The Bertz CT molecular complexity index is 1130. The van der Waals surface area contributed by atoms with Crippen molar-refractivity contribution in [2.45, 2.75) is 57.5 Å². The van der Waals surface area contributed by atoms with Gasteiger partial charge in [-0.1, -0.05) is 6.92 Å². The van der Waals surface area contributed by atoms with E-state index in [2.05, 4.69) is 0 Å². The van der Waals surface area contributed by atoms with E-state index >= 15 is 0 Å². The molecule has 0 bridgehead atoms. The van der Waals surface area contributed by atoms with Gasteiger partial charge in [0.05, 0.1) is 24.9 Å². The van der Waals surface area contributed by atoms with Crippen LogP contribution in [0.2, 0.25) is 0 Å². The first-order valence-electron chi connectivity index (χ1n) is 11.3. The number of carbonyl (C=O) groups excluding carboxylic acids is 4. The number of ether oxygens (including phenoxy) is 4. The number of rotatable bonds is 4. The highest BCUT2D eigenvalue weighted by molar-refractivity contribution is 6.01. The molecule has 0 N–H and O–H groups in total. The van der Waals surface area contributed by atoms with Crippen LogP contribution in [0.15, 0.2) is 46.3 Å². The molecule has 3 fully saturated rings. The second-order valence-electron chi connectivity index (χ2n) is 9.52. The maximum Gasteiger partial charge on any atom is 0.338 e. The molecule has 9 heteroatoms. The quantitative estimate of drug-likeness (QED) is 0.215. The number of methoxy groups -OCH3 is 1. The third-order valence-corrected chi connectivity index (χ3v) is 8.02. The van der Waals surface area contributed by atoms with Gasteiger partial charge in [0.1, 0.15) is 24.1 Å². The van der Waals surface area contributed by atoms with Crippen LogP contribution < -0.4 is 0 Å². The van der Waals surface area contributed by atoms with Gasteiger partial charge in [0.25, 0.3) is 0 Å². The van der Waals surface area contributed by atoms with E-state index in [1.54, 1.807) is 19.1 Å². The second-order valence-corrected chi connectivity index (χ2v) is 9.52. The summed E-state index contributed by atoms with van der Waals surface area (Å²) >= 11 is 0. The van der Waals surface area contributed by atoms with E-state index in [1.807, 2.05) is 13.8 Å². The molecule has 34 heavy (non-hydrogen) atoms.